The summed E-state index contributed by atoms with van der Waals surface area (Å²) in [5, 5.41) is 6.64. The molecule has 0 saturated heterocycles. The van der Waals surface area contributed by atoms with Crippen molar-refractivity contribution >= 4 is 34.0 Å². The van der Waals surface area contributed by atoms with Crippen molar-refractivity contribution in [3.05, 3.63) is 28.4 Å². The minimum atomic E-state index is -4.18. The molecule has 1 saturated carbocycles. The number of aryl methyl sites for hydroxylation is 2. The number of fused-ring (bicyclic) bond motifs is 1. The van der Waals surface area contributed by atoms with Crippen molar-refractivity contribution in [1.82, 2.24) is 9.97 Å². The zero-order chi connectivity index (χ0) is 22.2. The van der Waals surface area contributed by atoms with Gasteiger partial charge in [-0.15, -0.1) is 11.3 Å². The fraction of sp³-hybridized carbons (Fsp3) is 0.571. The highest BCUT2D eigenvalue weighted by Gasteiger charge is 2.42. The largest absolute Gasteiger partial charge is 0.391 e. The van der Waals surface area contributed by atoms with Gasteiger partial charge in [-0.3, -0.25) is 10.2 Å². The van der Waals surface area contributed by atoms with E-state index in [4.69, 9.17) is 4.98 Å². The Bertz CT molecular complexity index is 941. The third-order valence-corrected chi connectivity index (χ3v) is 7.06. The predicted molar refractivity (Wildman–Crippen MR) is 116 cm³/mol. The molecule has 6 nitrogen and oxygen atoms in total. The van der Waals surface area contributed by atoms with E-state index in [2.05, 4.69) is 15.6 Å². The maximum Gasteiger partial charge on any atom is 0.391 e. The Balaban J connectivity index is 1.59. The van der Waals surface area contributed by atoms with Gasteiger partial charge in [-0.05, 0) is 51.7 Å². The van der Waals surface area contributed by atoms with Gasteiger partial charge in [0.15, 0.2) is 10.9 Å². The second kappa shape index (κ2) is 8.64. The topological polar surface area (TPSA) is 70.2 Å². The normalized spacial score (nSPS) is 21.8. The number of carbonyl (C=O) groups is 1. The van der Waals surface area contributed by atoms with Crippen LogP contribution in [-0.4, -0.2) is 35.3 Å². The smallest absolute Gasteiger partial charge is 0.382 e. The van der Waals surface area contributed by atoms with Crippen molar-refractivity contribution in [2.45, 2.75) is 58.0 Å². The van der Waals surface area contributed by atoms with Crippen LogP contribution in [0.5, 0.6) is 0 Å². The second-order valence-electron chi connectivity index (χ2n) is 8.23. The summed E-state index contributed by atoms with van der Waals surface area (Å²) >= 11 is 1.41. The van der Waals surface area contributed by atoms with Gasteiger partial charge in [0.05, 0.1) is 17.3 Å². The Morgan fingerprint density at radius 3 is 2.74 bits per heavy atom. The number of alkyl halides is 3. The fourth-order valence-corrected chi connectivity index (χ4v) is 5.04. The van der Waals surface area contributed by atoms with E-state index < -0.39 is 12.1 Å². The first-order valence-corrected chi connectivity index (χ1v) is 11.4. The van der Waals surface area contributed by atoms with Gasteiger partial charge in [0.2, 0.25) is 0 Å². The SMILES string of the molecule is Cc1nc(NC(=O)N2CCCNc3ccc(C4CCCC(C(F)(F)F)C4)nc32)sc1C. The monoisotopic (exact) mass is 453 g/mol. The Morgan fingerprint density at radius 2 is 2.03 bits per heavy atom. The Labute approximate surface area is 183 Å². The first-order valence-electron chi connectivity index (χ1n) is 10.6. The average molecular weight is 454 g/mol. The summed E-state index contributed by atoms with van der Waals surface area (Å²) < 4.78 is 39.8. The van der Waals surface area contributed by atoms with Gasteiger partial charge in [0.25, 0.3) is 0 Å². The second-order valence-corrected chi connectivity index (χ2v) is 9.44. The molecule has 2 N–H and O–H groups in total. The fourth-order valence-electron chi connectivity index (χ4n) is 4.24. The molecule has 4 rings (SSSR count). The number of urea groups is 1. The molecule has 2 aliphatic rings. The van der Waals surface area contributed by atoms with Crippen LogP contribution in [0.2, 0.25) is 0 Å². The van der Waals surface area contributed by atoms with E-state index in [1.54, 1.807) is 11.0 Å². The molecule has 1 aliphatic carbocycles. The molecule has 2 amide bonds. The maximum atomic E-state index is 13.3. The van der Waals surface area contributed by atoms with E-state index in [1.165, 1.54) is 11.3 Å². The van der Waals surface area contributed by atoms with E-state index in [-0.39, 0.29) is 24.8 Å². The molecule has 10 heteroatoms. The summed E-state index contributed by atoms with van der Waals surface area (Å²) in [5.41, 5.74) is 2.20. The average Bonchev–Trinajstić information content (AvgIpc) is 2.92. The van der Waals surface area contributed by atoms with E-state index in [0.29, 0.717) is 48.3 Å². The number of hydrogen-bond donors (Lipinski definition) is 2. The molecule has 2 aromatic rings. The zero-order valence-electron chi connectivity index (χ0n) is 17.6. The van der Waals surface area contributed by atoms with E-state index in [1.807, 2.05) is 19.9 Å². The van der Waals surface area contributed by atoms with Crippen LogP contribution in [0.15, 0.2) is 12.1 Å². The van der Waals surface area contributed by atoms with Crippen LogP contribution in [0.3, 0.4) is 0 Å². The summed E-state index contributed by atoms with van der Waals surface area (Å²) in [6, 6.07) is 3.29. The number of hydrogen-bond acceptors (Lipinski definition) is 5. The van der Waals surface area contributed by atoms with Gasteiger partial charge in [-0.25, -0.2) is 14.8 Å². The van der Waals surface area contributed by atoms with Crippen molar-refractivity contribution in [2.24, 2.45) is 5.92 Å². The number of thiazole rings is 1. The molecule has 2 unspecified atom stereocenters. The van der Waals surface area contributed by atoms with Crippen LogP contribution >= 0.6 is 11.3 Å². The van der Waals surface area contributed by atoms with Crippen LogP contribution in [0.25, 0.3) is 0 Å². The lowest BCUT2D eigenvalue weighted by atomic mass is 9.79. The van der Waals surface area contributed by atoms with Crippen LogP contribution < -0.4 is 15.5 Å². The molecule has 0 spiro atoms. The molecule has 168 valence electrons. The van der Waals surface area contributed by atoms with Gasteiger partial charge in [0.1, 0.15) is 0 Å². The van der Waals surface area contributed by atoms with Gasteiger partial charge < -0.3 is 5.32 Å². The Morgan fingerprint density at radius 1 is 1.23 bits per heavy atom. The lowest BCUT2D eigenvalue weighted by molar-refractivity contribution is -0.183. The van der Waals surface area contributed by atoms with Crippen molar-refractivity contribution in [3.63, 3.8) is 0 Å². The molecule has 31 heavy (non-hydrogen) atoms. The lowest BCUT2D eigenvalue weighted by Crippen LogP contribution is -2.36. The number of amides is 2. The minimum absolute atomic E-state index is 0.0482. The first-order chi connectivity index (χ1) is 14.7. The first kappa shape index (κ1) is 21.9. The molecule has 2 aromatic heterocycles. The van der Waals surface area contributed by atoms with E-state index >= 15 is 0 Å². The summed E-state index contributed by atoms with van der Waals surface area (Å²) in [6.45, 7) is 4.98. The highest BCUT2D eigenvalue weighted by molar-refractivity contribution is 7.15. The lowest BCUT2D eigenvalue weighted by Gasteiger charge is -2.31. The van der Waals surface area contributed by atoms with Gasteiger partial charge in [0, 0.05) is 29.6 Å². The number of aromatic nitrogens is 2. The molecule has 0 bridgehead atoms. The van der Waals surface area contributed by atoms with Crippen LogP contribution in [-0.2, 0) is 0 Å². The van der Waals surface area contributed by atoms with Crippen LogP contribution in [0.1, 0.15) is 54.3 Å². The molecule has 1 aliphatic heterocycles. The molecule has 3 heterocycles. The Kier molecular flexibility index (Phi) is 6.09. The number of halogens is 3. The van der Waals surface area contributed by atoms with Crippen molar-refractivity contribution in [3.8, 4) is 0 Å². The van der Waals surface area contributed by atoms with Gasteiger partial charge in [-0.2, -0.15) is 13.2 Å². The summed E-state index contributed by atoms with van der Waals surface area (Å²) in [4.78, 5) is 24.7. The predicted octanol–water partition coefficient (Wildman–Crippen LogP) is 5.85. The third-order valence-electron chi connectivity index (χ3n) is 6.07. The van der Waals surface area contributed by atoms with E-state index in [0.717, 1.165) is 17.0 Å². The number of nitrogens with zero attached hydrogens (tertiary/aromatic N) is 3. The Hall–Kier alpha value is -2.36. The number of carbonyl (C=O) groups excluding carboxylic acids is 1. The summed E-state index contributed by atoms with van der Waals surface area (Å²) in [7, 11) is 0. The molecule has 2 atom stereocenters. The highest BCUT2D eigenvalue weighted by Crippen LogP contribution is 2.44. The van der Waals surface area contributed by atoms with Crippen molar-refractivity contribution in [2.75, 3.05) is 28.6 Å². The van der Waals surface area contributed by atoms with Crippen molar-refractivity contribution in [1.29, 1.82) is 0 Å². The molecule has 1 fully saturated rings. The van der Waals surface area contributed by atoms with Gasteiger partial charge in [-0.1, -0.05) is 6.42 Å². The third kappa shape index (κ3) is 4.78. The van der Waals surface area contributed by atoms with Crippen LogP contribution in [0, 0.1) is 19.8 Å². The van der Waals surface area contributed by atoms with E-state index in [9.17, 15) is 18.0 Å². The minimum Gasteiger partial charge on any atom is -0.382 e. The number of rotatable bonds is 2. The zero-order valence-corrected chi connectivity index (χ0v) is 18.4. The quantitative estimate of drug-likeness (QED) is 0.599. The van der Waals surface area contributed by atoms with Gasteiger partial charge >= 0.3 is 12.2 Å². The molecule has 0 aromatic carbocycles. The molecular formula is C21H26F3N5OS. The van der Waals surface area contributed by atoms with Crippen molar-refractivity contribution < 1.29 is 18.0 Å². The van der Waals surface area contributed by atoms with Crippen LogP contribution in [0.4, 0.5) is 34.6 Å². The summed E-state index contributed by atoms with van der Waals surface area (Å²) in [6.07, 6.45) is -2.02. The molecule has 0 radical (unpaired) electrons. The number of nitrogens with one attached hydrogen (secondary N) is 2. The number of anilines is 3. The number of pyridine rings is 1. The maximum absolute atomic E-state index is 13.3. The highest BCUT2D eigenvalue weighted by atomic mass is 32.1. The summed E-state index contributed by atoms with van der Waals surface area (Å²) in [5.74, 6) is -1.09. The standard InChI is InChI=1S/C21H26F3N5OS/c1-12-13(2)31-19(26-12)28-20(30)29-10-4-9-25-17-8-7-16(27-18(17)29)14-5-3-6-15(11-14)21(22,23)24/h7-8,14-15,25H,3-6,9-11H2,1-2H3,(H,26,28,30). The molecular weight excluding hydrogens is 427 g/mol.